The molecule has 2 nitrogen and oxygen atoms in total. The lowest BCUT2D eigenvalue weighted by atomic mass is 10.2. The molecule has 0 radical (unpaired) electrons. The van der Waals surface area contributed by atoms with Crippen molar-refractivity contribution in [3.63, 3.8) is 0 Å². The number of carbonyl (C=O) groups excluding carboxylic acids is 1. The summed E-state index contributed by atoms with van der Waals surface area (Å²) in [5, 5.41) is 0.0283. The molecule has 14 heavy (non-hydrogen) atoms. The van der Waals surface area contributed by atoms with E-state index in [0.717, 1.165) is 11.3 Å². The summed E-state index contributed by atoms with van der Waals surface area (Å²) in [7, 11) is 0. The van der Waals surface area contributed by atoms with Crippen molar-refractivity contribution in [1.82, 2.24) is 0 Å². The lowest BCUT2D eigenvalue weighted by Gasteiger charge is -2.14. The van der Waals surface area contributed by atoms with Crippen LogP contribution in [-0.4, -0.2) is 16.0 Å². The molecule has 1 aliphatic heterocycles. The van der Waals surface area contributed by atoms with E-state index in [2.05, 4.69) is 0 Å². The average Bonchev–Trinajstić information content (AvgIpc) is 2.46. The summed E-state index contributed by atoms with van der Waals surface area (Å²) in [6.45, 7) is 2.00. The molecule has 1 saturated heterocycles. The molecule has 0 bridgehead atoms. The van der Waals surface area contributed by atoms with Gasteiger partial charge in [-0.1, -0.05) is 36.1 Å². The fourth-order valence-corrected chi connectivity index (χ4v) is 2.51. The Morgan fingerprint density at radius 2 is 2.29 bits per heavy atom. The summed E-state index contributed by atoms with van der Waals surface area (Å²) in [6, 6.07) is 7.81. The number of thioether (sulfide) groups is 1. The molecule has 1 fully saturated rings. The highest BCUT2D eigenvalue weighted by Gasteiger charge is 2.27. The summed E-state index contributed by atoms with van der Waals surface area (Å²) in [4.78, 5) is 13.8. The maximum absolute atomic E-state index is 11.5. The van der Waals surface area contributed by atoms with Crippen molar-refractivity contribution in [1.29, 1.82) is 0 Å². The van der Waals surface area contributed by atoms with Crippen LogP contribution in [0.4, 0.5) is 10.5 Å². The molecule has 1 aromatic rings. The minimum absolute atomic E-state index is 0.0283. The van der Waals surface area contributed by atoms with Gasteiger partial charge in [-0.2, -0.15) is 0 Å². The first-order valence-electron chi connectivity index (χ1n) is 4.25. The van der Waals surface area contributed by atoms with Crippen LogP contribution in [0.3, 0.4) is 0 Å². The van der Waals surface area contributed by atoms with Gasteiger partial charge in [0.15, 0.2) is 0 Å². The Labute approximate surface area is 92.3 Å². The van der Waals surface area contributed by atoms with E-state index in [9.17, 15) is 4.79 Å². The summed E-state index contributed by atoms with van der Waals surface area (Å²) < 4.78 is 0. The van der Waals surface area contributed by atoms with E-state index in [-0.39, 0.29) is 5.24 Å². The Morgan fingerprint density at radius 1 is 1.50 bits per heavy atom. The number of hydrogen-bond donors (Lipinski definition) is 0. The minimum Gasteiger partial charge on any atom is -0.265 e. The van der Waals surface area contributed by atoms with Crippen molar-refractivity contribution >= 4 is 39.9 Å². The van der Waals surface area contributed by atoms with Crippen LogP contribution in [-0.2, 0) is 0 Å². The Bertz CT molecular complexity index is 387. The van der Waals surface area contributed by atoms with Crippen molar-refractivity contribution < 1.29 is 4.79 Å². The molecule has 72 valence electrons. The molecule has 0 saturated carbocycles. The zero-order valence-electron chi connectivity index (χ0n) is 7.69. The van der Waals surface area contributed by atoms with Crippen LogP contribution in [0.5, 0.6) is 0 Å². The lowest BCUT2D eigenvalue weighted by Crippen LogP contribution is -2.26. The number of benzene rings is 1. The molecular weight excluding hydrogens is 214 g/mol. The quantitative estimate of drug-likeness (QED) is 0.683. The van der Waals surface area contributed by atoms with E-state index < -0.39 is 0 Å². The van der Waals surface area contributed by atoms with E-state index in [1.165, 1.54) is 11.8 Å². The second-order valence-corrected chi connectivity index (χ2v) is 4.52. The maximum atomic E-state index is 11.5. The molecule has 4 heteroatoms. The number of carbonyl (C=O) groups is 1. The number of hydrogen-bond acceptors (Lipinski definition) is 3. The van der Waals surface area contributed by atoms with Gasteiger partial charge in [0.25, 0.3) is 5.24 Å². The Morgan fingerprint density at radius 3 is 2.86 bits per heavy atom. The van der Waals surface area contributed by atoms with Gasteiger partial charge in [0, 0.05) is 0 Å². The minimum atomic E-state index is 0.0283. The molecule has 0 N–H and O–H groups in total. The van der Waals surface area contributed by atoms with Gasteiger partial charge < -0.3 is 0 Å². The second kappa shape index (κ2) is 3.71. The summed E-state index contributed by atoms with van der Waals surface area (Å²) in [6.07, 6.45) is 0. The van der Waals surface area contributed by atoms with Crippen molar-refractivity contribution in [3.05, 3.63) is 29.8 Å². The maximum Gasteiger partial charge on any atom is 0.291 e. The highest BCUT2D eigenvalue weighted by molar-refractivity contribution is 8.16. The molecule has 0 spiro atoms. The van der Waals surface area contributed by atoms with Gasteiger partial charge in [0.2, 0.25) is 0 Å². The first-order chi connectivity index (χ1) is 6.68. The number of rotatable bonds is 1. The topological polar surface area (TPSA) is 20.3 Å². The van der Waals surface area contributed by atoms with E-state index in [4.69, 9.17) is 12.2 Å². The molecule has 0 aliphatic carbocycles. The summed E-state index contributed by atoms with van der Waals surface area (Å²) >= 11 is 6.39. The van der Waals surface area contributed by atoms with Crippen molar-refractivity contribution in [3.8, 4) is 0 Å². The second-order valence-electron chi connectivity index (χ2n) is 3.12. The van der Waals surface area contributed by atoms with Gasteiger partial charge >= 0.3 is 0 Å². The zero-order chi connectivity index (χ0) is 10.1. The van der Waals surface area contributed by atoms with Crippen molar-refractivity contribution in [2.45, 2.75) is 6.92 Å². The number of anilines is 1. The summed E-state index contributed by atoms with van der Waals surface area (Å²) in [5.41, 5.74) is 2.01. The van der Waals surface area contributed by atoms with Gasteiger partial charge in [0.1, 0.15) is 4.99 Å². The molecule has 0 unspecified atom stereocenters. The van der Waals surface area contributed by atoms with Gasteiger partial charge in [-0.15, -0.1) is 0 Å². The fraction of sp³-hybridized carbons (Fsp3) is 0.200. The zero-order valence-corrected chi connectivity index (χ0v) is 9.32. The predicted molar refractivity (Wildman–Crippen MR) is 64.1 cm³/mol. The van der Waals surface area contributed by atoms with Crippen molar-refractivity contribution in [2.75, 3.05) is 10.7 Å². The first-order valence-corrected chi connectivity index (χ1v) is 5.64. The van der Waals surface area contributed by atoms with Crippen LogP contribution in [0.25, 0.3) is 0 Å². The van der Waals surface area contributed by atoms with Crippen LogP contribution in [0.15, 0.2) is 24.3 Å². The SMILES string of the molecule is Cc1cccc(N2C(=O)SCC2=S)c1. The van der Waals surface area contributed by atoms with Crippen molar-refractivity contribution in [2.24, 2.45) is 0 Å². The average molecular weight is 223 g/mol. The van der Waals surface area contributed by atoms with Crippen LogP contribution in [0.2, 0.25) is 0 Å². The monoisotopic (exact) mass is 223 g/mol. The third-order valence-electron chi connectivity index (χ3n) is 2.01. The molecule has 1 amide bonds. The van der Waals surface area contributed by atoms with Gasteiger partial charge in [-0.05, 0) is 24.6 Å². The van der Waals surface area contributed by atoms with Gasteiger partial charge in [-0.25, -0.2) is 0 Å². The number of aryl methyl sites for hydroxylation is 1. The normalized spacial score (nSPS) is 16.5. The third-order valence-corrected chi connectivity index (χ3v) is 3.37. The molecular formula is C10H9NOS2. The Kier molecular flexibility index (Phi) is 2.56. The molecule has 0 atom stereocenters. The highest BCUT2D eigenvalue weighted by atomic mass is 32.2. The van der Waals surface area contributed by atoms with Gasteiger partial charge in [0.05, 0.1) is 11.4 Å². The molecule has 2 rings (SSSR count). The van der Waals surface area contributed by atoms with Crippen LogP contribution < -0.4 is 4.90 Å². The predicted octanol–water partition coefficient (Wildman–Crippen LogP) is 3.00. The van der Waals surface area contributed by atoms with E-state index >= 15 is 0 Å². The fourth-order valence-electron chi connectivity index (χ4n) is 1.37. The lowest BCUT2D eigenvalue weighted by molar-refractivity contribution is 0.268. The van der Waals surface area contributed by atoms with Gasteiger partial charge in [-0.3, -0.25) is 9.69 Å². The Balaban J connectivity index is 2.39. The van der Waals surface area contributed by atoms with E-state index in [1.807, 2.05) is 31.2 Å². The van der Waals surface area contributed by atoms with Crippen LogP contribution in [0, 0.1) is 6.92 Å². The van der Waals surface area contributed by atoms with Crippen LogP contribution in [0.1, 0.15) is 5.56 Å². The summed E-state index contributed by atoms with van der Waals surface area (Å²) in [5.74, 6) is 0.627. The number of nitrogens with zero attached hydrogens (tertiary/aromatic N) is 1. The standard InChI is InChI=1S/C10H9NOS2/c1-7-3-2-4-8(5-7)11-9(13)6-14-10(11)12/h2-5H,6H2,1H3. The number of amides is 1. The van der Waals surface area contributed by atoms with Crippen LogP contribution >= 0.6 is 24.0 Å². The van der Waals surface area contributed by atoms with E-state index in [0.29, 0.717) is 10.7 Å². The molecule has 1 heterocycles. The molecule has 1 aliphatic rings. The third kappa shape index (κ3) is 1.67. The highest BCUT2D eigenvalue weighted by Crippen LogP contribution is 2.27. The molecule has 1 aromatic carbocycles. The number of thiocarbonyl (C=S) groups is 1. The molecule has 0 aromatic heterocycles. The van der Waals surface area contributed by atoms with E-state index in [1.54, 1.807) is 4.90 Å². The Hall–Kier alpha value is -0.870. The first kappa shape index (κ1) is 9.68. The largest absolute Gasteiger partial charge is 0.291 e. The smallest absolute Gasteiger partial charge is 0.265 e.